The predicted octanol–water partition coefficient (Wildman–Crippen LogP) is 8.27. The summed E-state index contributed by atoms with van der Waals surface area (Å²) >= 11 is 1.62. The first kappa shape index (κ1) is 29.3. The molecule has 0 aromatic heterocycles. The normalized spacial score (nSPS) is 10.7. The highest BCUT2D eigenvalue weighted by atomic mass is 32.2. The van der Waals surface area contributed by atoms with E-state index in [9.17, 15) is 9.59 Å². The molecule has 3 aromatic carbocycles. The molecule has 5 nitrogen and oxygen atoms in total. The lowest BCUT2D eigenvalue weighted by molar-refractivity contribution is -0.134. The van der Waals surface area contributed by atoms with Gasteiger partial charge < -0.3 is 10.1 Å². The summed E-state index contributed by atoms with van der Waals surface area (Å²) in [6, 6.07) is 26.0. The van der Waals surface area contributed by atoms with Crippen molar-refractivity contribution < 1.29 is 14.3 Å². The zero-order chi connectivity index (χ0) is 27.0. The number of anilines is 1. The summed E-state index contributed by atoms with van der Waals surface area (Å²) in [5.41, 5.74) is 2.17. The number of aryl methyl sites for hydroxylation is 1. The number of hydrogen-bond acceptors (Lipinski definition) is 4. The van der Waals surface area contributed by atoms with Gasteiger partial charge in [0.05, 0.1) is 0 Å². The van der Waals surface area contributed by atoms with E-state index in [1.807, 2.05) is 60.4 Å². The maximum Gasteiger partial charge on any atom is 0.321 e. The van der Waals surface area contributed by atoms with Crippen LogP contribution in [0.2, 0.25) is 0 Å². The monoisotopic (exact) mass is 532 g/mol. The van der Waals surface area contributed by atoms with Crippen molar-refractivity contribution in [2.75, 3.05) is 18.0 Å². The van der Waals surface area contributed by atoms with Gasteiger partial charge in [0, 0.05) is 35.0 Å². The zero-order valence-electron chi connectivity index (χ0n) is 22.7. The third-order valence-electron chi connectivity index (χ3n) is 6.12. The van der Waals surface area contributed by atoms with E-state index in [1.54, 1.807) is 11.8 Å². The van der Waals surface area contributed by atoms with Crippen LogP contribution < -0.4 is 15.0 Å². The standard InChI is InChI=1S/C32H40N2O3S/c1-3-5-6-10-23-33-32(36)34(24-12-16-26-14-8-7-9-15-26)27-17-11-18-30(25-27)38-29-21-19-28(20-22-29)37-31(35)13-4-2/h7-9,11,14-15,17-22,25H,3-6,10,12-13,16,23-24H2,1-2H3,(H,33,36). The number of hydrogen-bond donors (Lipinski definition) is 1. The maximum absolute atomic E-state index is 13.2. The molecule has 6 heteroatoms. The molecule has 0 atom stereocenters. The number of carbonyl (C=O) groups excluding carboxylic acids is 2. The molecule has 0 unspecified atom stereocenters. The van der Waals surface area contributed by atoms with Gasteiger partial charge in [0.1, 0.15) is 5.75 Å². The van der Waals surface area contributed by atoms with Gasteiger partial charge in [-0.15, -0.1) is 0 Å². The molecule has 0 aliphatic carbocycles. The Morgan fingerprint density at radius 3 is 2.34 bits per heavy atom. The first-order valence-electron chi connectivity index (χ1n) is 13.8. The summed E-state index contributed by atoms with van der Waals surface area (Å²) in [4.78, 5) is 28.9. The van der Waals surface area contributed by atoms with Gasteiger partial charge in [0.15, 0.2) is 0 Å². The second-order valence-corrected chi connectivity index (χ2v) is 10.5. The number of unbranched alkanes of at least 4 members (excludes halogenated alkanes) is 3. The van der Waals surface area contributed by atoms with Crippen molar-refractivity contribution in [3.05, 3.63) is 84.4 Å². The Morgan fingerprint density at radius 1 is 0.816 bits per heavy atom. The Kier molecular flexibility index (Phi) is 12.8. The van der Waals surface area contributed by atoms with E-state index in [0.29, 0.717) is 25.3 Å². The molecule has 38 heavy (non-hydrogen) atoms. The van der Waals surface area contributed by atoms with Crippen LogP contribution in [0, 0.1) is 0 Å². The van der Waals surface area contributed by atoms with Crippen LogP contribution in [0.4, 0.5) is 10.5 Å². The number of nitrogens with zero attached hydrogens (tertiary/aromatic N) is 1. The Balaban J connectivity index is 1.66. The summed E-state index contributed by atoms with van der Waals surface area (Å²) in [6.45, 7) is 5.48. The van der Waals surface area contributed by atoms with Crippen molar-refractivity contribution in [3.8, 4) is 5.75 Å². The largest absolute Gasteiger partial charge is 0.427 e. The van der Waals surface area contributed by atoms with Crippen molar-refractivity contribution in [3.63, 3.8) is 0 Å². The molecule has 0 bridgehead atoms. The van der Waals surface area contributed by atoms with Crippen molar-refractivity contribution in [2.24, 2.45) is 0 Å². The minimum atomic E-state index is -0.211. The number of nitrogens with one attached hydrogen (secondary N) is 1. The van der Waals surface area contributed by atoms with Crippen LogP contribution in [0.3, 0.4) is 0 Å². The Hall–Kier alpha value is -3.25. The molecule has 2 amide bonds. The van der Waals surface area contributed by atoms with Crippen molar-refractivity contribution in [1.82, 2.24) is 5.32 Å². The molecule has 0 fully saturated rings. The predicted molar refractivity (Wildman–Crippen MR) is 157 cm³/mol. The molecule has 0 saturated carbocycles. The molecule has 0 spiro atoms. The smallest absolute Gasteiger partial charge is 0.321 e. The van der Waals surface area contributed by atoms with E-state index in [2.05, 4.69) is 42.6 Å². The second-order valence-electron chi connectivity index (χ2n) is 9.33. The van der Waals surface area contributed by atoms with Gasteiger partial charge in [0.2, 0.25) is 0 Å². The van der Waals surface area contributed by atoms with Crippen molar-refractivity contribution in [2.45, 2.75) is 75.0 Å². The Bertz CT molecular complexity index is 1120. The second kappa shape index (κ2) is 16.6. The van der Waals surface area contributed by atoms with Gasteiger partial charge in [-0.2, -0.15) is 0 Å². The van der Waals surface area contributed by atoms with Gasteiger partial charge in [-0.3, -0.25) is 9.69 Å². The third-order valence-corrected chi connectivity index (χ3v) is 7.11. The molecule has 0 heterocycles. The molecular formula is C32H40N2O3S. The quantitative estimate of drug-likeness (QED) is 0.122. The average molecular weight is 533 g/mol. The SMILES string of the molecule is CCCCCCNC(=O)N(CCCc1ccccc1)c1cccc(Sc2ccc(OC(=O)CCC)cc2)c1. The van der Waals surface area contributed by atoms with E-state index >= 15 is 0 Å². The van der Waals surface area contributed by atoms with Gasteiger partial charge >= 0.3 is 12.0 Å². The van der Waals surface area contributed by atoms with E-state index in [0.717, 1.165) is 47.6 Å². The zero-order valence-corrected chi connectivity index (χ0v) is 23.5. The minimum Gasteiger partial charge on any atom is -0.427 e. The first-order valence-corrected chi connectivity index (χ1v) is 14.6. The summed E-state index contributed by atoms with van der Waals surface area (Å²) in [6.07, 6.45) is 7.48. The fourth-order valence-corrected chi connectivity index (χ4v) is 4.96. The number of esters is 1. The van der Waals surface area contributed by atoms with Gasteiger partial charge in [-0.1, -0.05) is 81.3 Å². The molecule has 0 radical (unpaired) electrons. The van der Waals surface area contributed by atoms with Crippen LogP contribution in [0.25, 0.3) is 0 Å². The molecular weight excluding hydrogens is 492 g/mol. The van der Waals surface area contributed by atoms with E-state index in [4.69, 9.17) is 4.74 Å². The van der Waals surface area contributed by atoms with Gasteiger partial charge in [0.25, 0.3) is 0 Å². The average Bonchev–Trinajstić information content (AvgIpc) is 2.93. The lowest BCUT2D eigenvalue weighted by Crippen LogP contribution is -2.41. The fourth-order valence-electron chi connectivity index (χ4n) is 4.09. The highest BCUT2D eigenvalue weighted by Crippen LogP contribution is 2.32. The number of urea groups is 1. The summed E-state index contributed by atoms with van der Waals surface area (Å²) < 4.78 is 5.36. The summed E-state index contributed by atoms with van der Waals surface area (Å²) in [7, 11) is 0. The molecule has 3 rings (SSSR count). The van der Waals surface area contributed by atoms with Crippen molar-refractivity contribution in [1.29, 1.82) is 0 Å². The highest BCUT2D eigenvalue weighted by Gasteiger charge is 2.16. The number of benzene rings is 3. The molecule has 0 saturated heterocycles. The lowest BCUT2D eigenvalue weighted by atomic mass is 10.1. The fraction of sp³-hybridized carbons (Fsp3) is 0.375. The van der Waals surface area contributed by atoms with Crippen LogP contribution in [0.1, 0.15) is 64.4 Å². The Morgan fingerprint density at radius 2 is 1.61 bits per heavy atom. The van der Waals surface area contributed by atoms with E-state index < -0.39 is 0 Å². The van der Waals surface area contributed by atoms with E-state index in [-0.39, 0.29) is 12.0 Å². The summed E-state index contributed by atoms with van der Waals surface area (Å²) in [5, 5.41) is 3.13. The van der Waals surface area contributed by atoms with Crippen LogP contribution >= 0.6 is 11.8 Å². The number of ether oxygens (including phenoxy) is 1. The molecule has 3 aromatic rings. The van der Waals surface area contributed by atoms with Gasteiger partial charge in [-0.05, 0) is 73.7 Å². The molecule has 0 aliphatic heterocycles. The van der Waals surface area contributed by atoms with Gasteiger partial charge in [-0.25, -0.2) is 4.79 Å². The Labute approximate surface area is 232 Å². The third kappa shape index (κ3) is 10.3. The number of rotatable bonds is 15. The van der Waals surface area contributed by atoms with Crippen LogP contribution in [0.5, 0.6) is 5.75 Å². The van der Waals surface area contributed by atoms with Crippen molar-refractivity contribution >= 4 is 29.4 Å². The topological polar surface area (TPSA) is 58.6 Å². The van der Waals surface area contributed by atoms with Crippen LogP contribution in [-0.2, 0) is 11.2 Å². The van der Waals surface area contributed by atoms with Crippen LogP contribution in [0.15, 0.2) is 88.7 Å². The van der Waals surface area contributed by atoms with E-state index in [1.165, 1.54) is 18.4 Å². The molecule has 202 valence electrons. The van der Waals surface area contributed by atoms with Crippen LogP contribution in [-0.4, -0.2) is 25.1 Å². The molecule has 0 aliphatic rings. The number of carbonyl (C=O) groups is 2. The maximum atomic E-state index is 13.2. The highest BCUT2D eigenvalue weighted by molar-refractivity contribution is 7.99. The lowest BCUT2D eigenvalue weighted by Gasteiger charge is -2.24. The minimum absolute atomic E-state index is 0.0463. The summed E-state index contributed by atoms with van der Waals surface area (Å²) in [5.74, 6) is 0.346. The first-order chi connectivity index (χ1) is 18.6. The molecule has 1 N–H and O–H groups in total. The number of amides is 2.